The number of nitrogens with two attached hydrogens (primary N) is 1. The summed E-state index contributed by atoms with van der Waals surface area (Å²) in [5.74, 6) is -0.696. The van der Waals surface area contributed by atoms with Gasteiger partial charge in [-0.1, -0.05) is 62.4 Å². The first kappa shape index (κ1) is 24.8. The van der Waals surface area contributed by atoms with Crippen LogP contribution >= 0.6 is 0 Å². The molecule has 0 aromatic heterocycles. The molecule has 1 aliphatic rings. The van der Waals surface area contributed by atoms with E-state index < -0.39 is 30.0 Å². The molecule has 0 saturated carbocycles. The summed E-state index contributed by atoms with van der Waals surface area (Å²) in [4.78, 5) is 37.6. The highest BCUT2D eigenvalue weighted by atomic mass is 16.6. The van der Waals surface area contributed by atoms with Crippen molar-refractivity contribution in [3.8, 4) is 17.2 Å². The van der Waals surface area contributed by atoms with Gasteiger partial charge in [0.2, 0.25) is 11.8 Å². The number of primary amides is 1. The summed E-state index contributed by atoms with van der Waals surface area (Å²) in [6.07, 6.45) is 0.233. The van der Waals surface area contributed by atoms with Crippen LogP contribution in [0.1, 0.15) is 50.2 Å². The van der Waals surface area contributed by atoms with Crippen molar-refractivity contribution >= 4 is 17.9 Å². The van der Waals surface area contributed by atoms with Crippen molar-refractivity contribution in [1.29, 1.82) is 5.26 Å². The van der Waals surface area contributed by atoms with Crippen molar-refractivity contribution in [2.24, 2.45) is 5.73 Å². The Morgan fingerprint density at radius 2 is 1.74 bits per heavy atom. The normalized spacial score (nSPS) is 16.1. The van der Waals surface area contributed by atoms with Gasteiger partial charge in [0.1, 0.15) is 18.7 Å². The summed E-state index contributed by atoms with van der Waals surface area (Å²) in [7, 11) is 0. The summed E-state index contributed by atoms with van der Waals surface area (Å²) in [5, 5.41) is 11.6. The van der Waals surface area contributed by atoms with Gasteiger partial charge >= 0.3 is 6.09 Å². The van der Waals surface area contributed by atoms with Crippen LogP contribution in [0.4, 0.5) is 4.79 Å². The van der Waals surface area contributed by atoms with Gasteiger partial charge in [-0.15, -0.1) is 0 Å². The first-order valence-corrected chi connectivity index (χ1v) is 11.4. The number of ether oxygens (including phenoxy) is 1. The monoisotopic (exact) mass is 462 g/mol. The van der Waals surface area contributed by atoms with Crippen LogP contribution in [-0.2, 0) is 20.9 Å². The Bertz CT molecular complexity index is 1060. The van der Waals surface area contributed by atoms with E-state index in [1.807, 2.05) is 30.3 Å². The lowest BCUT2D eigenvalue weighted by Gasteiger charge is -2.24. The van der Waals surface area contributed by atoms with Gasteiger partial charge in [-0.05, 0) is 41.0 Å². The number of amides is 3. The predicted molar refractivity (Wildman–Crippen MR) is 127 cm³/mol. The molecule has 2 atom stereocenters. The van der Waals surface area contributed by atoms with Crippen molar-refractivity contribution in [1.82, 2.24) is 10.2 Å². The topological polar surface area (TPSA) is 126 Å². The highest BCUT2D eigenvalue weighted by Crippen LogP contribution is 2.24. The molecule has 0 unspecified atom stereocenters. The van der Waals surface area contributed by atoms with Crippen molar-refractivity contribution in [3.05, 3.63) is 59.7 Å². The summed E-state index contributed by atoms with van der Waals surface area (Å²) in [6, 6.07) is 16.3. The number of hydrogen-bond donors (Lipinski definition) is 2. The van der Waals surface area contributed by atoms with E-state index in [0.29, 0.717) is 25.3 Å². The number of nitrogens with zero attached hydrogens (tertiary/aromatic N) is 2. The Kier molecular flexibility index (Phi) is 8.25. The Morgan fingerprint density at radius 1 is 1.12 bits per heavy atom. The lowest BCUT2D eigenvalue weighted by molar-refractivity contribution is -0.125. The molecule has 8 nitrogen and oxygen atoms in total. The Balaban J connectivity index is 1.55. The second-order valence-corrected chi connectivity index (χ2v) is 8.74. The Morgan fingerprint density at radius 3 is 2.29 bits per heavy atom. The minimum Gasteiger partial charge on any atom is -0.445 e. The zero-order chi connectivity index (χ0) is 24.7. The van der Waals surface area contributed by atoms with Crippen LogP contribution in [0.25, 0.3) is 11.1 Å². The van der Waals surface area contributed by atoms with Crippen LogP contribution in [0.5, 0.6) is 0 Å². The van der Waals surface area contributed by atoms with Crippen LogP contribution in [-0.4, -0.2) is 41.4 Å². The van der Waals surface area contributed by atoms with Gasteiger partial charge in [-0.2, -0.15) is 5.26 Å². The van der Waals surface area contributed by atoms with E-state index in [2.05, 4.69) is 43.4 Å². The van der Waals surface area contributed by atoms with Crippen molar-refractivity contribution in [2.45, 2.75) is 57.7 Å². The molecule has 1 heterocycles. The molecule has 178 valence electrons. The van der Waals surface area contributed by atoms with Gasteiger partial charge in [0, 0.05) is 6.54 Å². The molecule has 2 aromatic rings. The van der Waals surface area contributed by atoms with Crippen LogP contribution in [0, 0.1) is 11.3 Å². The second-order valence-electron chi connectivity index (χ2n) is 8.74. The Labute approximate surface area is 199 Å². The quantitative estimate of drug-likeness (QED) is 0.621. The zero-order valence-electron chi connectivity index (χ0n) is 19.5. The third-order valence-electron chi connectivity index (χ3n) is 5.89. The van der Waals surface area contributed by atoms with Crippen molar-refractivity contribution < 1.29 is 19.1 Å². The molecule has 0 spiro atoms. The van der Waals surface area contributed by atoms with Crippen LogP contribution in [0.3, 0.4) is 0 Å². The fourth-order valence-corrected chi connectivity index (χ4v) is 3.94. The number of benzene rings is 2. The molecule has 1 fully saturated rings. The molecule has 3 amide bonds. The Hall–Kier alpha value is -3.86. The molecular weight excluding hydrogens is 432 g/mol. The number of carbonyl (C=O) groups is 3. The van der Waals surface area contributed by atoms with Gasteiger partial charge < -0.3 is 15.8 Å². The lowest BCUT2D eigenvalue weighted by atomic mass is 9.98. The number of nitrogens with one attached hydrogen (secondary N) is 1. The summed E-state index contributed by atoms with van der Waals surface area (Å²) in [5.41, 5.74) is 9.42. The molecule has 3 rings (SSSR count). The van der Waals surface area contributed by atoms with Crippen molar-refractivity contribution in [2.75, 3.05) is 6.54 Å². The number of hydrogen-bond acceptors (Lipinski definition) is 5. The van der Waals surface area contributed by atoms with Crippen molar-refractivity contribution in [3.63, 3.8) is 0 Å². The largest absolute Gasteiger partial charge is 0.445 e. The third kappa shape index (κ3) is 6.35. The average molecular weight is 463 g/mol. The molecule has 0 radical (unpaired) electrons. The molecule has 1 saturated heterocycles. The van der Waals surface area contributed by atoms with Crippen LogP contribution < -0.4 is 11.1 Å². The average Bonchev–Trinajstić information content (AvgIpc) is 3.32. The number of nitriles is 1. The SMILES string of the molecule is CC(C)c1ccc(-c2ccc(COC(=O)N3CCC[C@H]3C(=O)N[C@H](C#N)CC(N)=O)cc2)cc1. The van der Waals surface area contributed by atoms with E-state index in [1.54, 1.807) is 0 Å². The minimum atomic E-state index is -1.02. The van der Waals surface area contributed by atoms with E-state index >= 15 is 0 Å². The van der Waals surface area contributed by atoms with Gasteiger partial charge in [0.25, 0.3) is 0 Å². The standard InChI is InChI=1S/C26H30N4O4/c1-17(2)19-9-11-21(12-10-19)20-7-5-18(6-8-20)16-34-26(33)30-13-3-4-23(30)25(32)29-22(15-27)14-24(28)31/h5-12,17,22-23H,3-4,13-14,16H2,1-2H3,(H2,28,31)(H,29,32)/t22-,23-/m0/s1. The van der Waals surface area contributed by atoms with E-state index in [0.717, 1.165) is 16.7 Å². The number of rotatable bonds is 8. The third-order valence-corrected chi connectivity index (χ3v) is 5.89. The molecule has 2 aromatic carbocycles. The maximum Gasteiger partial charge on any atom is 0.410 e. The summed E-state index contributed by atoms with van der Waals surface area (Å²) < 4.78 is 5.44. The van der Waals surface area contributed by atoms with Crippen LogP contribution in [0.15, 0.2) is 48.5 Å². The molecule has 34 heavy (non-hydrogen) atoms. The molecule has 1 aliphatic heterocycles. The number of likely N-dealkylation sites (tertiary alicyclic amines) is 1. The van der Waals surface area contributed by atoms with Gasteiger partial charge in [-0.3, -0.25) is 14.5 Å². The molecule has 0 aliphatic carbocycles. The van der Waals surface area contributed by atoms with E-state index in [-0.39, 0.29) is 13.0 Å². The molecule has 3 N–H and O–H groups in total. The first-order chi connectivity index (χ1) is 16.3. The highest BCUT2D eigenvalue weighted by molar-refractivity contribution is 5.87. The molecule has 8 heteroatoms. The smallest absolute Gasteiger partial charge is 0.410 e. The van der Waals surface area contributed by atoms with E-state index in [9.17, 15) is 14.4 Å². The van der Waals surface area contributed by atoms with E-state index in [4.69, 9.17) is 15.7 Å². The fraction of sp³-hybridized carbons (Fsp3) is 0.385. The van der Waals surface area contributed by atoms with Gasteiger partial charge in [0.15, 0.2) is 0 Å². The van der Waals surface area contributed by atoms with Crippen LogP contribution in [0.2, 0.25) is 0 Å². The lowest BCUT2D eigenvalue weighted by Crippen LogP contribution is -2.49. The minimum absolute atomic E-state index is 0.0821. The fourth-order valence-electron chi connectivity index (χ4n) is 3.94. The number of carbonyl (C=O) groups excluding carboxylic acids is 3. The zero-order valence-corrected chi connectivity index (χ0v) is 19.5. The first-order valence-electron chi connectivity index (χ1n) is 11.4. The maximum absolute atomic E-state index is 12.6. The second kappa shape index (κ2) is 11.3. The van der Waals surface area contributed by atoms with Gasteiger partial charge in [0.05, 0.1) is 12.5 Å². The molecular formula is C26H30N4O4. The van der Waals surface area contributed by atoms with E-state index in [1.165, 1.54) is 10.5 Å². The van der Waals surface area contributed by atoms with Gasteiger partial charge in [-0.25, -0.2) is 4.79 Å². The summed E-state index contributed by atoms with van der Waals surface area (Å²) >= 11 is 0. The highest BCUT2D eigenvalue weighted by Gasteiger charge is 2.36. The summed E-state index contributed by atoms with van der Waals surface area (Å²) in [6.45, 7) is 4.79. The maximum atomic E-state index is 12.6. The molecule has 0 bridgehead atoms. The predicted octanol–water partition coefficient (Wildman–Crippen LogP) is 3.46.